The van der Waals surface area contributed by atoms with Gasteiger partial charge in [-0.1, -0.05) is 6.92 Å². The number of piperidine rings is 1. The highest BCUT2D eigenvalue weighted by atomic mass is 16.6. The lowest BCUT2D eigenvalue weighted by Crippen LogP contribution is -2.35. The average molecular weight is 308 g/mol. The van der Waals surface area contributed by atoms with Gasteiger partial charge in [0, 0.05) is 26.2 Å². The third-order valence-electron chi connectivity index (χ3n) is 4.19. The molecule has 2 rings (SSSR count). The van der Waals surface area contributed by atoms with Gasteiger partial charge >= 0.3 is 5.69 Å². The van der Waals surface area contributed by atoms with Gasteiger partial charge in [0.15, 0.2) is 0 Å². The fourth-order valence-corrected chi connectivity index (χ4v) is 2.71. The Bertz CT molecular complexity index is 538. The van der Waals surface area contributed by atoms with E-state index in [2.05, 4.69) is 16.9 Å². The Kier molecular flexibility index (Phi) is 4.99. The smallest absolute Gasteiger partial charge is 0.353 e. The van der Waals surface area contributed by atoms with Gasteiger partial charge in [-0.05, 0) is 32.6 Å². The lowest BCUT2D eigenvalue weighted by Gasteiger charge is -2.31. The van der Waals surface area contributed by atoms with E-state index in [1.54, 1.807) is 0 Å². The summed E-state index contributed by atoms with van der Waals surface area (Å²) in [5.74, 6) is 1.39. The minimum absolute atomic E-state index is 0.0597. The molecule has 0 amide bonds. The molecular weight excluding hydrogens is 284 g/mol. The predicted molar refractivity (Wildman–Crippen MR) is 87.3 cm³/mol. The van der Waals surface area contributed by atoms with Crippen molar-refractivity contribution in [3.8, 4) is 0 Å². The van der Waals surface area contributed by atoms with Crippen LogP contribution in [-0.4, -0.2) is 41.1 Å². The van der Waals surface area contributed by atoms with Crippen molar-refractivity contribution in [2.75, 3.05) is 41.7 Å². The van der Waals surface area contributed by atoms with Crippen LogP contribution in [0.15, 0.2) is 0 Å². The molecule has 1 fully saturated rings. The molecule has 0 aromatic carbocycles. The molecule has 1 aromatic heterocycles. The van der Waals surface area contributed by atoms with Crippen LogP contribution in [0.1, 0.15) is 33.6 Å². The van der Waals surface area contributed by atoms with Gasteiger partial charge < -0.3 is 15.5 Å². The quantitative estimate of drug-likeness (QED) is 0.656. The van der Waals surface area contributed by atoms with Crippen LogP contribution < -0.4 is 15.5 Å². The minimum atomic E-state index is -0.477. The van der Waals surface area contributed by atoms with Crippen LogP contribution in [0, 0.1) is 16.0 Å². The number of nitro groups is 1. The van der Waals surface area contributed by atoms with Crippen molar-refractivity contribution in [3.63, 3.8) is 0 Å². The summed E-state index contributed by atoms with van der Waals surface area (Å²) in [5.41, 5.74) is 5.68. The molecule has 1 aliphatic heterocycles. The van der Waals surface area contributed by atoms with E-state index in [4.69, 9.17) is 5.73 Å². The Balaban J connectivity index is 2.45. The molecule has 0 bridgehead atoms. The zero-order valence-corrected chi connectivity index (χ0v) is 13.4. The summed E-state index contributed by atoms with van der Waals surface area (Å²) in [6, 6.07) is 0. The van der Waals surface area contributed by atoms with Gasteiger partial charge in [0.2, 0.25) is 17.6 Å². The van der Waals surface area contributed by atoms with Crippen LogP contribution in [0.4, 0.5) is 23.3 Å². The molecule has 2 heterocycles. The maximum Gasteiger partial charge on any atom is 0.353 e. The maximum absolute atomic E-state index is 11.4. The van der Waals surface area contributed by atoms with Crippen LogP contribution in [0.2, 0.25) is 0 Å². The first-order valence-electron chi connectivity index (χ1n) is 7.79. The van der Waals surface area contributed by atoms with Crippen LogP contribution in [-0.2, 0) is 0 Å². The van der Waals surface area contributed by atoms with Crippen molar-refractivity contribution in [2.45, 2.75) is 33.6 Å². The van der Waals surface area contributed by atoms with Gasteiger partial charge in [-0.2, -0.15) is 9.97 Å². The van der Waals surface area contributed by atoms with E-state index in [1.807, 2.05) is 23.6 Å². The number of anilines is 3. The largest absolute Gasteiger partial charge is 0.378 e. The van der Waals surface area contributed by atoms with Crippen LogP contribution in [0.5, 0.6) is 0 Å². The summed E-state index contributed by atoms with van der Waals surface area (Å²) < 4.78 is 0. The molecule has 0 aliphatic carbocycles. The van der Waals surface area contributed by atoms with Gasteiger partial charge in [-0.15, -0.1) is 0 Å². The Morgan fingerprint density at radius 1 is 1.32 bits per heavy atom. The third-order valence-corrected chi connectivity index (χ3v) is 4.19. The maximum atomic E-state index is 11.4. The van der Waals surface area contributed by atoms with Crippen molar-refractivity contribution >= 4 is 23.3 Å². The molecule has 1 aromatic rings. The number of nitrogens with zero attached hydrogens (tertiary/aromatic N) is 5. The Labute approximate surface area is 130 Å². The first kappa shape index (κ1) is 16.3. The number of nitrogen functional groups attached to an aromatic ring is 1. The van der Waals surface area contributed by atoms with Gasteiger partial charge in [-0.3, -0.25) is 10.1 Å². The monoisotopic (exact) mass is 308 g/mol. The first-order valence-corrected chi connectivity index (χ1v) is 7.79. The van der Waals surface area contributed by atoms with E-state index >= 15 is 0 Å². The molecule has 1 aliphatic rings. The standard InChI is InChI=1S/C14H24N6O2/c1-4-18(5-2)14-16-12(15)11(20(21)22)13(17-14)19-8-6-10(3)7-9-19/h10H,4-9H2,1-3H3,(H2,15,16,17). The zero-order valence-electron chi connectivity index (χ0n) is 13.4. The molecule has 8 nitrogen and oxygen atoms in total. The number of hydrogen-bond acceptors (Lipinski definition) is 7. The molecule has 2 N–H and O–H groups in total. The highest BCUT2D eigenvalue weighted by Crippen LogP contribution is 2.34. The van der Waals surface area contributed by atoms with Crippen molar-refractivity contribution in [1.82, 2.24) is 9.97 Å². The highest BCUT2D eigenvalue weighted by molar-refractivity contribution is 5.71. The molecular formula is C14H24N6O2. The molecule has 0 spiro atoms. The topological polar surface area (TPSA) is 101 Å². The minimum Gasteiger partial charge on any atom is -0.378 e. The van der Waals surface area contributed by atoms with E-state index in [0.29, 0.717) is 17.7 Å². The van der Waals surface area contributed by atoms with E-state index in [0.717, 1.165) is 39.0 Å². The number of aromatic nitrogens is 2. The molecule has 0 saturated carbocycles. The fraction of sp³-hybridized carbons (Fsp3) is 0.714. The second-order valence-electron chi connectivity index (χ2n) is 5.68. The molecule has 8 heteroatoms. The summed E-state index contributed by atoms with van der Waals surface area (Å²) >= 11 is 0. The lowest BCUT2D eigenvalue weighted by molar-refractivity contribution is -0.383. The number of hydrogen-bond donors (Lipinski definition) is 1. The Morgan fingerprint density at radius 2 is 1.91 bits per heavy atom. The van der Waals surface area contributed by atoms with Crippen molar-refractivity contribution in [2.24, 2.45) is 5.92 Å². The zero-order chi connectivity index (χ0) is 16.3. The summed E-state index contributed by atoms with van der Waals surface area (Å²) in [5, 5.41) is 11.4. The Hall–Kier alpha value is -2.12. The lowest BCUT2D eigenvalue weighted by atomic mass is 9.99. The van der Waals surface area contributed by atoms with Gasteiger partial charge in [0.25, 0.3) is 0 Å². The highest BCUT2D eigenvalue weighted by Gasteiger charge is 2.30. The van der Waals surface area contributed by atoms with E-state index in [1.165, 1.54) is 0 Å². The SMILES string of the molecule is CCN(CC)c1nc(N)c([N+](=O)[O-])c(N2CCC(C)CC2)n1. The number of nitrogens with two attached hydrogens (primary N) is 1. The normalized spacial score (nSPS) is 15.9. The van der Waals surface area contributed by atoms with Crippen LogP contribution in [0.25, 0.3) is 0 Å². The van der Waals surface area contributed by atoms with Gasteiger partial charge in [-0.25, -0.2) is 0 Å². The second kappa shape index (κ2) is 6.76. The van der Waals surface area contributed by atoms with Crippen molar-refractivity contribution in [1.29, 1.82) is 0 Å². The Morgan fingerprint density at radius 3 is 2.41 bits per heavy atom. The second-order valence-corrected chi connectivity index (χ2v) is 5.68. The van der Waals surface area contributed by atoms with Gasteiger partial charge in [0.1, 0.15) is 0 Å². The molecule has 0 atom stereocenters. The molecule has 22 heavy (non-hydrogen) atoms. The van der Waals surface area contributed by atoms with Crippen molar-refractivity contribution in [3.05, 3.63) is 10.1 Å². The molecule has 0 unspecified atom stereocenters. The summed E-state index contributed by atoms with van der Waals surface area (Å²) in [6.45, 7) is 9.15. The third kappa shape index (κ3) is 3.20. The summed E-state index contributed by atoms with van der Waals surface area (Å²) in [4.78, 5) is 23.4. The van der Waals surface area contributed by atoms with Crippen LogP contribution in [0.3, 0.4) is 0 Å². The molecule has 122 valence electrons. The predicted octanol–water partition coefficient (Wildman–Crippen LogP) is 2.05. The fourth-order valence-electron chi connectivity index (χ4n) is 2.71. The summed E-state index contributed by atoms with van der Waals surface area (Å²) in [6.07, 6.45) is 2.00. The molecule has 0 radical (unpaired) electrons. The van der Waals surface area contributed by atoms with E-state index in [9.17, 15) is 10.1 Å². The van der Waals surface area contributed by atoms with Crippen LogP contribution >= 0.6 is 0 Å². The number of rotatable bonds is 5. The average Bonchev–Trinajstić information content (AvgIpc) is 2.48. The van der Waals surface area contributed by atoms with E-state index in [-0.39, 0.29) is 11.5 Å². The first-order chi connectivity index (χ1) is 10.5. The van der Waals surface area contributed by atoms with Gasteiger partial charge in [0.05, 0.1) is 4.92 Å². The van der Waals surface area contributed by atoms with E-state index < -0.39 is 4.92 Å². The van der Waals surface area contributed by atoms with Crippen molar-refractivity contribution < 1.29 is 4.92 Å². The molecule has 1 saturated heterocycles. The summed E-state index contributed by atoms with van der Waals surface area (Å²) in [7, 11) is 0.